The largest absolute Gasteiger partial charge is 0.481 e. The summed E-state index contributed by atoms with van der Waals surface area (Å²) in [5.41, 5.74) is 6.88. The van der Waals surface area contributed by atoms with E-state index in [1.807, 2.05) is 6.92 Å². The lowest BCUT2D eigenvalue weighted by atomic mass is 9.84. The average molecular weight is 276 g/mol. The summed E-state index contributed by atoms with van der Waals surface area (Å²) < 4.78 is 0. The van der Waals surface area contributed by atoms with Crippen LogP contribution in [-0.2, 0) is 16.0 Å². The molecule has 2 atom stereocenters. The van der Waals surface area contributed by atoms with Crippen LogP contribution in [-0.4, -0.2) is 23.0 Å². The number of nitrogens with two attached hydrogens (primary N) is 1. The van der Waals surface area contributed by atoms with Crippen LogP contribution >= 0.6 is 0 Å². The fourth-order valence-electron chi connectivity index (χ4n) is 2.63. The highest BCUT2D eigenvalue weighted by molar-refractivity contribution is 5.95. The predicted octanol–water partition coefficient (Wildman–Crippen LogP) is 1.77. The standard InChI is InChI=1S/C15H20N2O3/c1-15(8-2-3-12(15)16)14(20)17-11-6-4-10(5-7-11)9-13(18)19/h4-7,12H,2-3,8-9,16H2,1H3,(H,17,20)(H,18,19). The molecule has 0 heterocycles. The Kier molecular flexibility index (Phi) is 4.09. The van der Waals surface area contributed by atoms with E-state index in [9.17, 15) is 9.59 Å². The first-order valence-electron chi connectivity index (χ1n) is 6.79. The minimum Gasteiger partial charge on any atom is -0.481 e. The molecule has 5 nitrogen and oxygen atoms in total. The number of benzene rings is 1. The van der Waals surface area contributed by atoms with Crippen LogP contribution in [0.1, 0.15) is 31.7 Å². The third-order valence-corrected chi connectivity index (χ3v) is 4.12. The van der Waals surface area contributed by atoms with Crippen LogP contribution in [0, 0.1) is 5.41 Å². The average Bonchev–Trinajstić information content (AvgIpc) is 2.73. The van der Waals surface area contributed by atoms with Crippen LogP contribution in [0.3, 0.4) is 0 Å². The number of carboxylic acids is 1. The molecule has 1 aliphatic rings. The lowest BCUT2D eigenvalue weighted by Gasteiger charge is -2.27. The van der Waals surface area contributed by atoms with Gasteiger partial charge in [-0.15, -0.1) is 0 Å². The number of carbonyl (C=O) groups is 2. The Labute approximate surface area is 118 Å². The van der Waals surface area contributed by atoms with Crippen molar-refractivity contribution in [2.24, 2.45) is 11.1 Å². The molecule has 2 rings (SSSR count). The maximum absolute atomic E-state index is 12.3. The van der Waals surface area contributed by atoms with E-state index < -0.39 is 11.4 Å². The Hall–Kier alpha value is -1.88. The second-order valence-electron chi connectivity index (χ2n) is 5.64. The molecule has 5 heteroatoms. The molecule has 1 amide bonds. The normalized spacial score (nSPS) is 25.4. The number of hydrogen-bond donors (Lipinski definition) is 3. The molecule has 0 spiro atoms. The van der Waals surface area contributed by atoms with Gasteiger partial charge >= 0.3 is 5.97 Å². The molecule has 108 valence electrons. The van der Waals surface area contributed by atoms with Crippen molar-refractivity contribution in [1.29, 1.82) is 0 Å². The SMILES string of the molecule is CC1(C(=O)Nc2ccc(CC(=O)O)cc2)CCCC1N. The van der Waals surface area contributed by atoms with Crippen molar-refractivity contribution in [2.75, 3.05) is 5.32 Å². The van der Waals surface area contributed by atoms with Gasteiger partial charge in [-0.3, -0.25) is 9.59 Å². The van der Waals surface area contributed by atoms with Crippen LogP contribution in [0.5, 0.6) is 0 Å². The third kappa shape index (κ3) is 2.99. The number of anilines is 1. The van der Waals surface area contributed by atoms with Gasteiger partial charge in [-0.05, 0) is 37.5 Å². The first kappa shape index (κ1) is 14.5. The molecular weight excluding hydrogens is 256 g/mol. The summed E-state index contributed by atoms with van der Waals surface area (Å²) >= 11 is 0. The number of amides is 1. The fraction of sp³-hybridized carbons (Fsp3) is 0.467. The van der Waals surface area contributed by atoms with Crippen LogP contribution in [0.2, 0.25) is 0 Å². The molecular formula is C15H20N2O3. The van der Waals surface area contributed by atoms with E-state index >= 15 is 0 Å². The van der Waals surface area contributed by atoms with Crippen LogP contribution in [0.15, 0.2) is 24.3 Å². The topological polar surface area (TPSA) is 92.4 Å². The van der Waals surface area contributed by atoms with Crippen molar-refractivity contribution in [3.05, 3.63) is 29.8 Å². The molecule has 0 radical (unpaired) electrons. The zero-order chi connectivity index (χ0) is 14.8. The molecule has 0 aromatic heterocycles. The summed E-state index contributed by atoms with van der Waals surface area (Å²) in [6, 6.07) is 6.76. The predicted molar refractivity (Wildman–Crippen MR) is 76.3 cm³/mol. The van der Waals surface area contributed by atoms with Crippen molar-refractivity contribution in [3.8, 4) is 0 Å². The molecule has 1 saturated carbocycles. The number of hydrogen-bond acceptors (Lipinski definition) is 3. The molecule has 0 bridgehead atoms. The molecule has 20 heavy (non-hydrogen) atoms. The molecule has 1 aromatic carbocycles. The van der Waals surface area contributed by atoms with E-state index in [1.165, 1.54) is 0 Å². The number of nitrogens with one attached hydrogen (secondary N) is 1. The van der Waals surface area contributed by atoms with E-state index in [4.69, 9.17) is 10.8 Å². The summed E-state index contributed by atoms with van der Waals surface area (Å²) in [6.07, 6.45) is 2.64. The van der Waals surface area contributed by atoms with Gasteiger partial charge in [0.2, 0.25) is 5.91 Å². The fourth-order valence-corrected chi connectivity index (χ4v) is 2.63. The Morgan fingerprint density at radius 2 is 2.05 bits per heavy atom. The third-order valence-electron chi connectivity index (χ3n) is 4.12. The highest BCUT2D eigenvalue weighted by atomic mass is 16.4. The van der Waals surface area contributed by atoms with E-state index in [2.05, 4.69) is 5.32 Å². The smallest absolute Gasteiger partial charge is 0.307 e. The van der Waals surface area contributed by atoms with E-state index in [0.29, 0.717) is 11.3 Å². The molecule has 0 saturated heterocycles. The molecule has 2 unspecified atom stereocenters. The lowest BCUT2D eigenvalue weighted by Crippen LogP contribution is -2.44. The molecule has 1 fully saturated rings. The monoisotopic (exact) mass is 276 g/mol. The van der Waals surface area contributed by atoms with Gasteiger partial charge in [0.05, 0.1) is 11.8 Å². The van der Waals surface area contributed by atoms with E-state index in [1.54, 1.807) is 24.3 Å². The zero-order valence-electron chi connectivity index (χ0n) is 11.6. The minimum absolute atomic E-state index is 0.0170. The molecule has 0 aliphatic heterocycles. The summed E-state index contributed by atoms with van der Waals surface area (Å²) in [6.45, 7) is 1.90. The van der Waals surface area contributed by atoms with Gasteiger partial charge in [0.1, 0.15) is 0 Å². The van der Waals surface area contributed by atoms with Crippen molar-refractivity contribution in [3.63, 3.8) is 0 Å². The first-order chi connectivity index (χ1) is 9.41. The van der Waals surface area contributed by atoms with Gasteiger partial charge < -0.3 is 16.2 Å². The maximum atomic E-state index is 12.3. The molecule has 1 aromatic rings. The summed E-state index contributed by atoms with van der Waals surface area (Å²) in [4.78, 5) is 22.9. The van der Waals surface area contributed by atoms with Crippen molar-refractivity contribution in [2.45, 2.75) is 38.6 Å². The number of carbonyl (C=O) groups excluding carboxylic acids is 1. The number of carboxylic acid groups (broad SMARTS) is 1. The zero-order valence-corrected chi connectivity index (χ0v) is 11.6. The Balaban J connectivity index is 2.03. The highest BCUT2D eigenvalue weighted by Crippen LogP contribution is 2.37. The van der Waals surface area contributed by atoms with Gasteiger partial charge in [0.15, 0.2) is 0 Å². The van der Waals surface area contributed by atoms with E-state index in [0.717, 1.165) is 19.3 Å². The summed E-state index contributed by atoms with van der Waals surface area (Å²) in [7, 11) is 0. The first-order valence-corrected chi connectivity index (χ1v) is 6.79. The van der Waals surface area contributed by atoms with E-state index in [-0.39, 0.29) is 18.4 Å². The second-order valence-corrected chi connectivity index (χ2v) is 5.64. The van der Waals surface area contributed by atoms with Crippen LogP contribution in [0.4, 0.5) is 5.69 Å². The van der Waals surface area contributed by atoms with Crippen molar-refractivity contribution in [1.82, 2.24) is 0 Å². The van der Waals surface area contributed by atoms with Crippen LogP contribution in [0.25, 0.3) is 0 Å². The second kappa shape index (κ2) is 5.63. The van der Waals surface area contributed by atoms with Gasteiger partial charge in [-0.1, -0.05) is 18.6 Å². The van der Waals surface area contributed by atoms with Gasteiger partial charge in [0.25, 0.3) is 0 Å². The number of aliphatic carboxylic acids is 1. The lowest BCUT2D eigenvalue weighted by molar-refractivity contribution is -0.136. The number of rotatable bonds is 4. The van der Waals surface area contributed by atoms with Crippen LogP contribution < -0.4 is 11.1 Å². The Morgan fingerprint density at radius 1 is 1.40 bits per heavy atom. The summed E-state index contributed by atoms with van der Waals surface area (Å²) in [5, 5.41) is 11.6. The summed E-state index contributed by atoms with van der Waals surface area (Å²) in [5.74, 6) is -0.931. The van der Waals surface area contributed by atoms with Gasteiger partial charge in [-0.2, -0.15) is 0 Å². The minimum atomic E-state index is -0.869. The molecule has 1 aliphatic carbocycles. The maximum Gasteiger partial charge on any atom is 0.307 e. The van der Waals surface area contributed by atoms with Gasteiger partial charge in [-0.25, -0.2) is 0 Å². The van der Waals surface area contributed by atoms with Crippen molar-refractivity contribution < 1.29 is 14.7 Å². The Bertz CT molecular complexity index is 512. The quantitative estimate of drug-likeness (QED) is 0.781. The Morgan fingerprint density at radius 3 is 2.55 bits per heavy atom. The highest BCUT2D eigenvalue weighted by Gasteiger charge is 2.42. The van der Waals surface area contributed by atoms with Crippen molar-refractivity contribution >= 4 is 17.6 Å². The van der Waals surface area contributed by atoms with Gasteiger partial charge in [0, 0.05) is 11.7 Å². The molecule has 4 N–H and O–H groups in total.